The molecule has 0 aromatic carbocycles. The minimum Gasteiger partial charge on any atom is -0.316 e. The highest BCUT2D eigenvalue weighted by atomic mass is 19.1. The summed E-state index contributed by atoms with van der Waals surface area (Å²) in [5, 5.41) is 6.26. The number of hydrogen-bond donors (Lipinski definition) is 1. The zero-order chi connectivity index (χ0) is 14.1. The summed E-state index contributed by atoms with van der Waals surface area (Å²) in [5.41, 5.74) is -0.386. The maximum Gasteiger partial charge on any atom is 0.276 e. The van der Waals surface area contributed by atoms with E-state index in [0.29, 0.717) is 5.92 Å². The molecule has 0 unspecified atom stereocenters. The molecule has 0 radical (unpaired) electrons. The maximum absolute atomic E-state index is 13.4. The standard InChI is InChI=1S/C13H12F2N4O/c14-9-5-16-6-10(15)12(9)17-13(20)11-3-4-19(18-11)7-8-1-2-8/h3-6,8H,1-2,7H2,(H,16,17,20). The zero-order valence-electron chi connectivity index (χ0n) is 10.5. The average molecular weight is 278 g/mol. The van der Waals surface area contributed by atoms with E-state index in [1.54, 1.807) is 10.9 Å². The van der Waals surface area contributed by atoms with Gasteiger partial charge in [0.15, 0.2) is 17.3 Å². The molecule has 5 nitrogen and oxygen atoms in total. The van der Waals surface area contributed by atoms with Gasteiger partial charge in [-0.15, -0.1) is 0 Å². The van der Waals surface area contributed by atoms with Crippen LogP contribution in [-0.4, -0.2) is 20.7 Å². The second kappa shape index (κ2) is 4.99. The van der Waals surface area contributed by atoms with Gasteiger partial charge in [-0.05, 0) is 24.8 Å². The molecule has 20 heavy (non-hydrogen) atoms. The molecule has 2 heterocycles. The van der Waals surface area contributed by atoms with Gasteiger partial charge in [-0.3, -0.25) is 14.5 Å². The van der Waals surface area contributed by atoms with E-state index in [0.717, 1.165) is 18.9 Å². The Morgan fingerprint density at radius 2 is 2.05 bits per heavy atom. The number of pyridine rings is 1. The molecule has 0 bridgehead atoms. The van der Waals surface area contributed by atoms with E-state index in [1.807, 2.05) is 0 Å². The quantitative estimate of drug-likeness (QED) is 0.932. The van der Waals surface area contributed by atoms with Crippen LogP contribution in [0.25, 0.3) is 0 Å². The van der Waals surface area contributed by atoms with Crippen molar-refractivity contribution in [3.05, 3.63) is 42.0 Å². The van der Waals surface area contributed by atoms with E-state index in [4.69, 9.17) is 0 Å². The SMILES string of the molecule is O=C(Nc1c(F)cncc1F)c1ccn(CC2CC2)n1. The molecule has 0 saturated heterocycles. The van der Waals surface area contributed by atoms with Crippen molar-refractivity contribution in [2.45, 2.75) is 19.4 Å². The van der Waals surface area contributed by atoms with Gasteiger partial charge in [-0.2, -0.15) is 5.10 Å². The summed E-state index contributed by atoms with van der Waals surface area (Å²) in [6.07, 6.45) is 5.71. The first kappa shape index (κ1) is 12.7. The summed E-state index contributed by atoms with van der Waals surface area (Å²) in [5.74, 6) is -1.86. The van der Waals surface area contributed by atoms with Gasteiger partial charge in [0.05, 0.1) is 12.4 Å². The van der Waals surface area contributed by atoms with Crippen LogP contribution in [0.2, 0.25) is 0 Å². The number of aromatic nitrogens is 3. The van der Waals surface area contributed by atoms with Gasteiger partial charge in [-0.1, -0.05) is 0 Å². The number of hydrogen-bond acceptors (Lipinski definition) is 3. The molecule has 0 aliphatic heterocycles. The summed E-state index contributed by atoms with van der Waals surface area (Å²) in [6, 6.07) is 1.52. The summed E-state index contributed by atoms with van der Waals surface area (Å²) >= 11 is 0. The highest BCUT2D eigenvalue weighted by molar-refractivity contribution is 6.02. The number of carbonyl (C=O) groups is 1. The minimum atomic E-state index is -0.921. The van der Waals surface area contributed by atoms with Crippen molar-refractivity contribution < 1.29 is 13.6 Å². The highest BCUT2D eigenvalue weighted by Gasteiger charge is 2.22. The van der Waals surface area contributed by atoms with Gasteiger partial charge in [0.2, 0.25) is 0 Å². The number of amides is 1. The summed E-state index contributed by atoms with van der Waals surface area (Å²) in [6.45, 7) is 0.769. The predicted octanol–water partition coefficient (Wildman–Crippen LogP) is 2.22. The van der Waals surface area contributed by atoms with Crippen molar-refractivity contribution in [3.8, 4) is 0 Å². The van der Waals surface area contributed by atoms with Crippen molar-refractivity contribution in [2.75, 3.05) is 5.32 Å². The number of halogens is 2. The Balaban J connectivity index is 1.73. The Kier molecular flexibility index (Phi) is 3.17. The van der Waals surface area contributed by atoms with Crippen LogP contribution in [0.5, 0.6) is 0 Å². The van der Waals surface area contributed by atoms with Crippen molar-refractivity contribution in [1.82, 2.24) is 14.8 Å². The van der Waals surface area contributed by atoms with E-state index in [-0.39, 0.29) is 5.69 Å². The van der Waals surface area contributed by atoms with Crippen LogP contribution in [-0.2, 0) is 6.54 Å². The topological polar surface area (TPSA) is 59.8 Å². The Hall–Kier alpha value is -2.31. The van der Waals surface area contributed by atoms with Crippen molar-refractivity contribution in [3.63, 3.8) is 0 Å². The lowest BCUT2D eigenvalue weighted by Crippen LogP contribution is -2.16. The van der Waals surface area contributed by atoms with Gasteiger partial charge in [0, 0.05) is 12.7 Å². The van der Waals surface area contributed by atoms with E-state index in [9.17, 15) is 13.6 Å². The lowest BCUT2D eigenvalue weighted by molar-refractivity contribution is 0.102. The molecule has 1 saturated carbocycles. The third kappa shape index (κ3) is 2.66. The molecular formula is C13H12F2N4O. The van der Waals surface area contributed by atoms with Crippen LogP contribution in [0.15, 0.2) is 24.7 Å². The fourth-order valence-corrected chi connectivity index (χ4v) is 1.86. The van der Waals surface area contributed by atoms with Crippen molar-refractivity contribution in [1.29, 1.82) is 0 Å². The van der Waals surface area contributed by atoms with Crippen LogP contribution < -0.4 is 5.32 Å². The number of carbonyl (C=O) groups excluding carboxylic acids is 1. The van der Waals surface area contributed by atoms with Crippen LogP contribution in [0.1, 0.15) is 23.3 Å². The predicted molar refractivity (Wildman–Crippen MR) is 67.1 cm³/mol. The van der Waals surface area contributed by atoms with E-state index >= 15 is 0 Å². The molecule has 0 spiro atoms. The first-order valence-corrected chi connectivity index (χ1v) is 6.27. The second-order valence-electron chi connectivity index (χ2n) is 4.80. The van der Waals surface area contributed by atoms with E-state index in [1.165, 1.54) is 18.9 Å². The molecule has 1 N–H and O–H groups in total. The average Bonchev–Trinajstić information content (AvgIpc) is 3.09. The molecular weight excluding hydrogens is 266 g/mol. The molecule has 1 aliphatic carbocycles. The Bertz CT molecular complexity index is 631. The Morgan fingerprint density at radius 3 is 2.70 bits per heavy atom. The first-order valence-electron chi connectivity index (χ1n) is 6.27. The summed E-state index contributed by atoms with van der Waals surface area (Å²) in [4.78, 5) is 15.2. The molecule has 104 valence electrons. The molecule has 1 amide bonds. The number of anilines is 1. The number of rotatable bonds is 4. The lowest BCUT2D eigenvalue weighted by Gasteiger charge is -2.05. The Labute approximate surface area is 113 Å². The second-order valence-corrected chi connectivity index (χ2v) is 4.80. The highest BCUT2D eigenvalue weighted by Crippen LogP contribution is 2.30. The van der Waals surface area contributed by atoms with E-state index in [2.05, 4.69) is 15.4 Å². The van der Waals surface area contributed by atoms with Crippen LogP contribution in [0, 0.1) is 17.6 Å². The van der Waals surface area contributed by atoms with Crippen molar-refractivity contribution in [2.24, 2.45) is 5.92 Å². The van der Waals surface area contributed by atoms with Crippen LogP contribution in [0.4, 0.5) is 14.5 Å². The van der Waals surface area contributed by atoms with Gasteiger partial charge in [0.1, 0.15) is 5.69 Å². The number of nitrogens with zero attached hydrogens (tertiary/aromatic N) is 3. The molecule has 1 fully saturated rings. The molecule has 3 rings (SSSR count). The largest absolute Gasteiger partial charge is 0.316 e. The van der Waals surface area contributed by atoms with Gasteiger partial charge < -0.3 is 5.32 Å². The molecule has 2 aromatic rings. The van der Waals surface area contributed by atoms with Crippen LogP contribution >= 0.6 is 0 Å². The molecule has 1 aliphatic rings. The van der Waals surface area contributed by atoms with Crippen molar-refractivity contribution >= 4 is 11.6 Å². The fraction of sp³-hybridized carbons (Fsp3) is 0.308. The molecule has 7 heteroatoms. The van der Waals surface area contributed by atoms with Gasteiger partial charge >= 0.3 is 0 Å². The smallest absolute Gasteiger partial charge is 0.276 e. The third-order valence-electron chi connectivity index (χ3n) is 3.11. The zero-order valence-corrected chi connectivity index (χ0v) is 10.5. The lowest BCUT2D eigenvalue weighted by atomic mass is 10.3. The summed E-state index contributed by atoms with van der Waals surface area (Å²) in [7, 11) is 0. The normalized spacial score (nSPS) is 14.3. The maximum atomic E-state index is 13.4. The van der Waals surface area contributed by atoms with E-state index < -0.39 is 23.2 Å². The third-order valence-corrected chi connectivity index (χ3v) is 3.11. The monoisotopic (exact) mass is 278 g/mol. The number of nitrogens with one attached hydrogen (secondary N) is 1. The van der Waals surface area contributed by atoms with Gasteiger partial charge in [-0.25, -0.2) is 8.78 Å². The Morgan fingerprint density at radius 1 is 1.35 bits per heavy atom. The van der Waals surface area contributed by atoms with Gasteiger partial charge in [0.25, 0.3) is 5.91 Å². The summed E-state index contributed by atoms with van der Waals surface area (Å²) < 4.78 is 28.4. The molecule has 2 aromatic heterocycles. The first-order chi connectivity index (χ1) is 9.63. The minimum absolute atomic E-state index is 0.126. The van der Waals surface area contributed by atoms with Crippen LogP contribution in [0.3, 0.4) is 0 Å². The molecule has 0 atom stereocenters. The fourth-order valence-electron chi connectivity index (χ4n) is 1.86.